The molecule has 0 spiro atoms. The van der Waals surface area contributed by atoms with Crippen LogP contribution >= 0.6 is 0 Å². The number of likely N-dealkylation sites (tertiary alicyclic amines) is 1. The van der Waals surface area contributed by atoms with E-state index in [-0.39, 0.29) is 17.7 Å². The molecule has 1 amide bonds. The summed E-state index contributed by atoms with van der Waals surface area (Å²) in [7, 11) is 1.81. The van der Waals surface area contributed by atoms with Crippen molar-refractivity contribution in [1.29, 1.82) is 5.41 Å². The number of carbonyl (C=O) groups excluding carboxylic acids is 1. The van der Waals surface area contributed by atoms with Gasteiger partial charge in [-0.25, -0.2) is 4.98 Å². The van der Waals surface area contributed by atoms with E-state index in [4.69, 9.17) is 10.4 Å². The maximum atomic E-state index is 12.9. The molecule has 0 radical (unpaired) electrons. The lowest BCUT2D eigenvalue weighted by Crippen LogP contribution is -2.49. The quantitative estimate of drug-likeness (QED) is 0.586. The molecule has 1 aliphatic carbocycles. The number of hydrogen-bond acceptors (Lipinski definition) is 6. The van der Waals surface area contributed by atoms with Gasteiger partial charge in [-0.3, -0.25) is 10.2 Å². The van der Waals surface area contributed by atoms with Crippen LogP contribution in [0.25, 0.3) is 0 Å². The molecule has 176 valence electrons. The molecular formula is C25H40N6O. The van der Waals surface area contributed by atoms with Crippen molar-refractivity contribution in [2.75, 3.05) is 43.4 Å². The Kier molecular flexibility index (Phi) is 8.00. The van der Waals surface area contributed by atoms with E-state index in [0.717, 1.165) is 50.9 Å². The summed E-state index contributed by atoms with van der Waals surface area (Å²) in [6.45, 7) is 4.15. The molecule has 7 nitrogen and oxygen atoms in total. The monoisotopic (exact) mass is 440 g/mol. The van der Waals surface area contributed by atoms with Crippen LogP contribution in [0.1, 0.15) is 76.2 Å². The van der Waals surface area contributed by atoms with E-state index >= 15 is 0 Å². The van der Waals surface area contributed by atoms with Crippen molar-refractivity contribution in [1.82, 2.24) is 15.2 Å². The van der Waals surface area contributed by atoms with Crippen LogP contribution in [0.4, 0.5) is 11.6 Å². The Labute approximate surface area is 192 Å². The van der Waals surface area contributed by atoms with Gasteiger partial charge >= 0.3 is 0 Å². The summed E-state index contributed by atoms with van der Waals surface area (Å²) in [5.74, 6) is 1.25. The van der Waals surface area contributed by atoms with Gasteiger partial charge in [0.25, 0.3) is 5.91 Å². The molecule has 0 atom stereocenters. The Morgan fingerprint density at radius 3 is 2.25 bits per heavy atom. The van der Waals surface area contributed by atoms with E-state index in [0.29, 0.717) is 11.4 Å². The van der Waals surface area contributed by atoms with Crippen LogP contribution in [0, 0.1) is 5.41 Å². The fraction of sp³-hybridized carbons (Fsp3) is 0.720. The summed E-state index contributed by atoms with van der Waals surface area (Å²) in [5.41, 5.74) is 0.571. The lowest BCUT2D eigenvalue weighted by atomic mass is 9.92. The maximum absolute atomic E-state index is 12.9. The van der Waals surface area contributed by atoms with Gasteiger partial charge in [-0.2, -0.15) is 0 Å². The van der Waals surface area contributed by atoms with E-state index in [2.05, 4.69) is 20.4 Å². The standard InChI is InChI=1S/C25H40N6O/c1-27-24-21(11-12-22(29-24)31-15-7-2-3-8-16-31)23(26)25(32)28-19-13-17-30(18-14-19)20-9-5-4-6-10-20/h11-12,19-20,26H,2-10,13-18H2,1H3,(H,27,29)(H,28,32). The first-order chi connectivity index (χ1) is 15.7. The first kappa shape index (κ1) is 23.0. The van der Waals surface area contributed by atoms with Gasteiger partial charge in [0, 0.05) is 50.9 Å². The number of rotatable bonds is 6. The van der Waals surface area contributed by atoms with Gasteiger partial charge in [0.2, 0.25) is 0 Å². The average Bonchev–Trinajstić information content (AvgIpc) is 3.14. The highest BCUT2D eigenvalue weighted by Crippen LogP contribution is 2.26. The number of pyridine rings is 1. The number of anilines is 2. The van der Waals surface area contributed by atoms with E-state index < -0.39 is 0 Å². The number of carbonyl (C=O) groups is 1. The minimum absolute atomic E-state index is 0.000948. The summed E-state index contributed by atoms with van der Waals surface area (Å²) in [4.78, 5) is 22.6. The van der Waals surface area contributed by atoms with Crippen LogP contribution < -0.4 is 15.5 Å². The molecule has 32 heavy (non-hydrogen) atoms. The van der Waals surface area contributed by atoms with Crippen molar-refractivity contribution in [3.05, 3.63) is 17.7 Å². The number of piperidine rings is 1. The van der Waals surface area contributed by atoms with Gasteiger partial charge in [0.15, 0.2) is 0 Å². The highest BCUT2D eigenvalue weighted by Gasteiger charge is 2.28. The summed E-state index contributed by atoms with van der Waals surface area (Å²) in [5, 5.41) is 14.8. The Balaban J connectivity index is 1.33. The molecule has 2 aliphatic heterocycles. The van der Waals surface area contributed by atoms with Crippen molar-refractivity contribution in [2.24, 2.45) is 0 Å². The zero-order valence-electron chi connectivity index (χ0n) is 19.7. The first-order valence-electron chi connectivity index (χ1n) is 12.7. The number of hydrogen-bond donors (Lipinski definition) is 3. The normalized spacial score (nSPS) is 21.7. The lowest BCUT2D eigenvalue weighted by molar-refractivity contribution is -0.115. The van der Waals surface area contributed by atoms with Crippen LogP contribution in [-0.2, 0) is 4.79 Å². The minimum Gasteiger partial charge on any atom is -0.373 e. The Hall–Kier alpha value is -2.15. The molecule has 0 aromatic carbocycles. The number of nitrogens with zero attached hydrogens (tertiary/aromatic N) is 3. The molecule has 0 unspecified atom stereocenters. The fourth-order valence-electron chi connectivity index (χ4n) is 5.55. The molecule has 3 aliphatic rings. The van der Waals surface area contributed by atoms with Gasteiger partial charge in [-0.15, -0.1) is 0 Å². The Morgan fingerprint density at radius 2 is 1.59 bits per heavy atom. The first-order valence-corrected chi connectivity index (χ1v) is 12.7. The fourth-order valence-corrected chi connectivity index (χ4v) is 5.55. The summed E-state index contributed by atoms with van der Waals surface area (Å²) >= 11 is 0. The second-order valence-electron chi connectivity index (χ2n) is 9.67. The molecule has 3 fully saturated rings. The zero-order chi connectivity index (χ0) is 22.3. The third-order valence-electron chi connectivity index (χ3n) is 7.50. The van der Waals surface area contributed by atoms with Gasteiger partial charge in [-0.1, -0.05) is 32.1 Å². The smallest absolute Gasteiger partial charge is 0.270 e. The molecule has 3 heterocycles. The van der Waals surface area contributed by atoms with Gasteiger partial charge in [0.05, 0.1) is 0 Å². The second kappa shape index (κ2) is 11.1. The number of aromatic nitrogens is 1. The summed E-state index contributed by atoms with van der Waals surface area (Å²) in [6.07, 6.45) is 13.6. The minimum atomic E-state index is -0.290. The Morgan fingerprint density at radius 1 is 0.938 bits per heavy atom. The van der Waals surface area contributed by atoms with Crippen molar-refractivity contribution < 1.29 is 4.79 Å². The lowest BCUT2D eigenvalue weighted by Gasteiger charge is -2.39. The third kappa shape index (κ3) is 5.61. The average molecular weight is 441 g/mol. The molecule has 2 saturated heterocycles. The van der Waals surface area contributed by atoms with Crippen LogP contribution in [0.2, 0.25) is 0 Å². The van der Waals surface area contributed by atoms with Crippen LogP contribution in [-0.4, -0.2) is 66.8 Å². The zero-order valence-corrected chi connectivity index (χ0v) is 19.7. The molecule has 0 bridgehead atoms. The maximum Gasteiger partial charge on any atom is 0.270 e. The number of amides is 1. The van der Waals surface area contributed by atoms with Crippen molar-refractivity contribution >= 4 is 23.3 Å². The highest BCUT2D eigenvalue weighted by molar-refractivity contribution is 6.45. The van der Waals surface area contributed by atoms with E-state index in [1.54, 1.807) is 0 Å². The molecule has 7 heteroatoms. The van der Waals surface area contributed by atoms with Gasteiger partial charge < -0.3 is 20.4 Å². The predicted octanol–water partition coefficient (Wildman–Crippen LogP) is 3.78. The highest BCUT2D eigenvalue weighted by atomic mass is 16.1. The van der Waals surface area contributed by atoms with E-state index in [1.165, 1.54) is 57.8 Å². The van der Waals surface area contributed by atoms with Gasteiger partial charge in [0.1, 0.15) is 17.3 Å². The van der Waals surface area contributed by atoms with Crippen LogP contribution in [0.5, 0.6) is 0 Å². The molecule has 3 N–H and O–H groups in total. The second-order valence-corrected chi connectivity index (χ2v) is 9.67. The van der Waals surface area contributed by atoms with Crippen LogP contribution in [0.15, 0.2) is 12.1 Å². The molecule has 4 rings (SSSR count). The largest absolute Gasteiger partial charge is 0.373 e. The van der Waals surface area contributed by atoms with Crippen LogP contribution in [0.3, 0.4) is 0 Å². The summed E-state index contributed by atoms with van der Waals surface area (Å²) in [6, 6.07) is 4.74. The van der Waals surface area contributed by atoms with E-state index in [9.17, 15) is 4.79 Å². The van der Waals surface area contributed by atoms with Crippen molar-refractivity contribution in [3.63, 3.8) is 0 Å². The SMILES string of the molecule is CNc1nc(N2CCCCCC2)ccc1C(=N)C(=O)NC1CCN(C2CCCCC2)CC1. The molecule has 1 aromatic heterocycles. The third-order valence-corrected chi connectivity index (χ3v) is 7.50. The summed E-state index contributed by atoms with van der Waals surface area (Å²) < 4.78 is 0. The molecule has 1 saturated carbocycles. The predicted molar refractivity (Wildman–Crippen MR) is 131 cm³/mol. The van der Waals surface area contributed by atoms with Crippen molar-refractivity contribution in [2.45, 2.75) is 82.7 Å². The molecular weight excluding hydrogens is 400 g/mol. The number of nitrogens with one attached hydrogen (secondary N) is 3. The van der Waals surface area contributed by atoms with Crippen molar-refractivity contribution in [3.8, 4) is 0 Å². The van der Waals surface area contributed by atoms with Gasteiger partial charge in [-0.05, 0) is 50.7 Å². The van der Waals surface area contributed by atoms with E-state index in [1.807, 2.05) is 19.2 Å². The molecule has 1 aromatic rings. The topological polar surface area (TPSA) is 84.4 Å². The Bertz CT molecular complexity index is 775.